The summed E-state index contributed by atoms with van der Waals surface area (Å²) in [5, 5.41) is 6.92. The molecule has 0 aliphatic rings. The molecule has 3 aromatic rings. The highest BCUT2D eigenvalue weighted by molar-refractivity contribution is 5.91. The molecular formula is C18H15F3N4O2. The van der Waals surface area contributed by atoms with Gasteiger partial charge in [-0.3, -0.25) is 14.5 Å². The van der Waals surface area contributed by atoms with Crippen LogP contribution in [0.5, 0.6) is 5.75 Å². The van der Waals surface area contributed by atoms with Gasteiger partial charge in [-0.05, 0) is 35.4 Å². The van der Waals surface area contributed by atoms with Gasteiger partial charge >= 0.3 is 6.36 Å². The maximum atomic E-state index is 12.1. The molecular weight excluding hydrogens is 361 g/mol. The molecule has 0 bridgehead atoms. The van der Waals surface area contributed by atoms with E-state index in [0.717, 1.165) is 5.56 Å². The summed E-state index contributed by atoms with van der Waals surface area (Å²) in [6.07, 6.45) is 0.371. The number of anilines is 1. The lowest BCUT2D eigenvalue weighted by Crippen LogP contribution is -2.17. The predicted molar refractivity (Wildman–Crippen MR) is 91.0 cm³/mol. The summed E-state index contributed by atoms with van der Waals surface area (Å²) in [6, 6.07) is 10.5. The second kappa shape index (κ2) is 7.90. The van der Waals surface area contributed by atoms with E-state index in [0.29, 0.717) is 17.9 Å². The van der Waals surface area contributed by atoms with Crippen molar-refractivity contribution >= 4 is 11.7 Å². The zero-order chi connectivity index (χ0) is 19.3. The SMILES string of the molecule is O=C(Cc1ccc(OC(F)(F)F)cc1)Nc1ccn(Cc2ccncc2)n1. The fraction of sp³-hybridized carbons (Fsp3) is 0.167. The molecule has 0 aliphatic carbocycles. The fourth-order valence-corrected chi connectivity index (χ4v) is 2.37. The molecule has 1 amide bonds. The van der Waals surface area contributed by atoms with E-state index in [1.165, 1.54) is 24.3 Å². The van der Waals surface area contributed by atoms with Crippen LogP contribution in [0.1, 0.15) is 11.1 Å². The van der Waals surface area contributed by atoms with Crippen molar-refractivity contribution in [2.75, 3.05) is 5.32 Å². The molecule has 2 aromatic heterocycles. The zero-order valence-corrected chi connectivity index (χ0v) is 14.0. The van der Waals surface area contributed by atoms with Crippen molar-refractivity contribution in [1.82, 2.24) is 14.8 Å². The molecule has 0 saturated heterocycles. The van der Waals surface area contributed by atoms with Crippen molar-refractivity contribution in [3.05, 3.63) is 72.2 Å². The van der Waals surface area contributed by atoms with Crippen molar-refractivity contribution in [2.45, 2.75) is 19.3 Å². The Balaban J connectivity index is 1.53. The Kier molecular flexibility index (Phi) is 5.39. The van der Waals surface area contributed by atoms with Crippen LogP contribution in [0.15, 0.2) is 61.1 Å². The van der Waals surface area contributed by atoms with Crippen molar-refractivity contribution in [3.8, 4) is 5.75 Å². The number of benzene rings is 1. The van der Waals surface area contributed by atoms with Gasteiger partial charge in [0.25, 0.3) is 0 Å². The quantitative estimate of drug-likeness (QED) is 0.716. The van der Waals surface area contributed by atoms with Crippen LogP contribution in [0.3, 0.4) is 0 Å². The molecule has 27 heavy (non-hydrogen) atoms. The lowest BCUT2D eigenvalue weighted by Gasteiger charge is -2.09. The minimum atomic E-state index is -4.74. The number of halogens is 3. The van der Waals surface area contributed by atoms with Gasteiger partial charge < -0.3 is 10.1 Å². The number of alkyl halides is 3. The first-order valence-electron chi connectivity index (χ1n) is 7.94. The highest BCUT2D eigenvalue weighted by atomic mass is 19.4. The first-order chi connectivity index (χ1) is 12.9. The maximum Gasteiger partial charge on any atom is 0.573 e. The Morgan fingerprint density at radius 2 is 1.74 bits per heavy atom. The number of pyridine rings is 1. The first-order valence-corrected chi connectivity index (χ1v) is 7.94. The number of hydrogen-bond acceptors (Lipinski definition) is 4. The van der Waals surface area contributed by atoms with E-state index in [1.807, 2.05) is 12.1 Å². The average Bonchev–Trinajstić information content (AvgIpc) is 3.03. The van der Waals surface area contributed by atoms with Gasteiger partial charge in [0.1, 0.15) is 5.75 Å². The Labute approximate surface area is 152 Å². The van der Waals surface area contributed by atoms with Gasteiger partial charge in [-0.25, -0.2) is 0 Å². The van der Waals surface area contributed by atoms with Crippen LogP contribution in [-0.2, 0) is 17.8 Å². The average molecular weight is 376 g/mol. The van der Waals surface area contributed by atoms with E-state index in [2.05, 4.69) is 20.1 Å². The van der Waals surface area contributed by atoms with Crippen LogP contribution < -0.4 is 10.1 Å². The van der Waals surface area contributed by atoms with Gasteiger partial charge in [0.05, 0.1) is 13.0 Å². The molecule has 6 nitrogen and oxygen atoms in total. The molecule has 0 aliphatic heterocycles. The van der Waals surface area contributed by atoms with E-state index in [1.54, 1.807) is 29.3 Å². The van der Waals surface area contributed by atoms with Crippen LogP contribution >= 0.6 is 0 Å². The largest absolute Gasteiger partial charge is 0.573 e. The molecule has 0 fully saturated rings. The van der Waals surface area contributed by atoms with Crippen molar-refractivity contribution < 1.29 is 22.7 Å². The number of carbonyl (C=O) groups excluding carboxylic acids is 1. The number of ether oxygens (including phenoxy) is 1. The van der Waals surface area contributed by atoms with Gasteiger partial charge in [0.2, 0.25) is 5.91 Å². The van der Waals surface area contributed by atoms with Gasteiger partial charge in [-0.1, -0.05) is 12.1 Å². The van der Waals surface area contributed by atoms with Crippen LogP contribution in [0, 0.1) is 0 Å². The predicted octanol–water partition coefficient (Wildman–Crippen LogP) is 3.41. The van der Waals surface area contributed by atoms with E-state index < -0.39 is 6.36 Å². The minimum absolute atomic E-state index is 0.00348. The van der Waals surface area contributed by atoms with Crippen molar-refractivity contribution in [2.24, 2.45) is 0 Å². The smallest absolute Gasteiger partial charge is 0.406 e. The molecule has 3 rings (SSSR count). The Morgan fingerprint density at radius 3 is 2.41 bits per heavy atom. The van der Waals surface area contributed by atoms with Crippen LogP contribution in [0.2, 0.25) is 0 Å². The standard InChI is InChI=1S/C18H15F3N4O2/c19-18(20,21)27-15-3-1-13(2-4-15)11-17(26)23-16-7-10-25(24-16)12-14-5-8-22-9-6-14/h1-10H,11-12H2,(H,23,24,26). The Morgan fingerprint density at radius 1 is 1.04 bits per heavy atom. The zero-order valence-electron chi connectivity index (χ0n) is 14.0. The summed E-state index contributed by atoms with van der Waals surface area (Å²) in [6.45, 7) is 0.541. The molecule has 0 unspecified atom stereocenters. The number of aromatic nitrogens is 3. The van der Waals surface area contributed by atoms with Gasteiger partial charge in [0, 0.05) is 24.7 Å². The highest BCUT2D eigenvalue weighted by Gasteiger charge is 2.30. The molecule has 2 heterocycles. The minimum Gasteiger partial charge on any atom is -0.406 e. The second-order valence-electron chi connectivity index (χ2n) is 5.67. The van der Waals surface area contributed by atoms with Crippen molar-refractivity contribution in [3.63, 3.8) is 0 Å². The molecule has 0 atom stereocenters. The Bertz CT molecular complexity index is 893. The number of amides is 1. The molecule has 1 N–H and O–H groups in total. The van der Waals surface area contributed by atoms with E-state index >= 15 is 0 Å². The third-order valence-electron chi connectivity index (χ3n) is 3.52. The fourth-order valence-electron chi connectivity index (χ4n) is 2.37. The number of rotatable bonds is 6. The topological polar surface area (TPSA) is 69.0 Å². The van der Waals surface area contributed by atoms with Gasteiger partial charge in [0.15, 0.2) is 5.82 Å². The summed E-state index contributed by atoms with van der Waals surface area (Å²) < 4.78 is 41.9. The molecule has 9 heteroatoms. The maximum absolute atomic E-state index is 12.1. The number of nitrogens with one attached hydrogen (secondary N) is 1. The second-order valence-corrected chi connectivity index (χ2v) is 5.67. The van der Waals surface area contributed by atoms with Crippen LogP contribution in [0.4, 0.5) is 19.0 Å². The highest BCUT2D eigenvalue weighted by Crippen LogP contribution is 2.22. The summed E-state index contributed by atoms with van der Waals surface area (Å²) >= 11 is 0. The summed E-state index contributed by atoms with van der Waals surface area (Å²) in [5.74, 6) is -0.263. The van der Waals surface area contributed by atoms with E-state index in [-0.39, 0.29) is 18.1 Å². The van der Waals surface area contributed by atoms with Gasteiger partial charge in [-0.2, -0.15) is 5.10 Å². The summed E-state index contributed by atoms with van der Waals surface area (Å²) in [5.41, 5.74) is 1.57. The third kappa shape index (κ3) is 5.84. The molecule has 140 valence electrons. The molecule has 0 spiro atoms. The summed E-state index contributed by atoms with van der Waals surface area (Å²) in [7, 11) is 0. The Hall–Kier alpha value is -3.36. The molecule has 1 aromatic carbocycles. The molecule has 0 saturated carbocycles. The number of hydrogen-bond donors (Lipinski definition) is 1. The van der Waals surface area contributed by atoms with Gasteiger partial charge in [-0.15, -0.1) is 13.2 Å². The van der Waals surface area contributed by atoms with Crippen molar-refractivity contribution in [1.29, 1.82) is 0 Å². The van der Waals surface area contributed by atoms with Crippen LogP contribution in [0.25, 0.3) is 0 Å². The van der Waals surface area contributed by atoms with Crippen LogP contribution in [-0.4, -0.2) is 27.0 Å². The normalized spacial score (nSPS) is 11.2. The summed E-state index contributed by atoms with van der Waals surface area (Å²) in [4.78, 5) is 16.0. The van der Waals surface area contributed by atoms with E-state index in [9.17, 15) is 18.0 Å². The monoisotopic (exact) mass is 376 g/mol. The van der Waals surface area contributed by atoms with E-state index in [4.69, 9.17) is 0 Å². The third-order valence-corrected chi connectivity index (χ3v) is 3.52. The lowest BCUT2D eigenvalue weighted by atomic mass is 10.1. The lowest BCUT2D eigenvalue weighted by molar-refractivity contribution is -0.274. The number of nitrogens with zero attached hydrogens (tertiary/aromatic N) is 3. The number of carbonyl (C=O) groups is 1. The molecule has 0 radical (unpaired) electrons. The first kappa shape index (κ1) is 18.4.